The summed E-state index contributed by atoms with van der Waals surface area (Å²) < 4.78 is 0. The van der Waals surface area contributed by atoms with Crippen LogP contribution in [0.25, 0.3) is 0 Å². The minimum absolute atomic E-state index is 0.541. The Labute approximate surface area is 50.3 Å². The summed E-state index contributed by atoms with van der Waals surface area (Å²) in [5.74, 6) is 2.62. The molecule has 2 aliphatic rings. The van der Waals surface area contributed by atoms with Crippen molar-refractivity contribution in [3.05, 3.63) is 5.92 Å². The molecule has 2 unspecified atom stereocenters. The Bertz CT molecular complexity index is 98.6. The van der Waals surface area contributed by atoms with E-state index >= 15 is 0 Å². The highest BCUT2D eigenvalue weighted by Crippen LogP contribution is 2.44. The third-order valence-corrected chi connectivity index (χ3v) is 2.55. The molecular weight excluding hydrogens is 98.1 g/mol. The molecule has 0 saturated heterocycles. The smallest absolute Gasteiger partial charge is 0.00728 e. The van der Waals surface area contributed by atoms with E-state index in [1.54, 1.807) is 5.92 Å². The van der Waals surface area contributed by atoms with Gasteiger partial charge in [-0.15, -0.1) is 0 Å². The summed E-state index contributed by atoms with van der Waals surface area (Å²) in [6.45, 7) is 0. The predicted molar refractivity (Wildman–Crippen MR) is 33.2 cm³/mol. The van der Waals surface area contributed by atoms with Gasteiger partial charge in [-0.3, -0.25) is 0 Å². The van der Waals surface area contributed by atoms with Crippen LogP contribution < -0.4 is 5.73 Å². The SMILES string of the molecule is NC1C[C]2CCC1C2. The van der Waals surface area contributed by atoms with Crippen molar-refractivity contribution < 1.29 is 0 Å². The summed E-state index contributed by atoms with van der Waals surface area (Å²) in [6, 6.07) is 0.541. The predicted octanol–water partition coefficient (Wildman–Crippen LogP) is 1.09. The van der Waals surface area contributed by atoms with E-state index in [9.17, 15) is 0 Å². The zero-order chi connectivity index (χ0) is 5.56. The largest absolute Gasteiger partial charge is 0.327 e. The molecule has 2 aliphatic carbocycles. The second-order valence-corrected chi connectivity index (χ2v) is 3.12. The molecule has 1 heteroatoms. The first-order chi connectivity index (χ1) is 3.86. The van der Waals surface area contributed by atoms with Gasteiger partial charge < -0.3 is 5.73 Å². The molecule has 0 amide bonds. The lowest BCUT2D eigenvalue weighted by Crippen LogP contribution is -2.25. The van der Waals surface area contributed by atoms with Crippen LogP contribution in [0, 0.1) is 11.8 Å². The lowest BCUT2D eigenvalue weighted by atomic mass is 9.96. The van der Waals surface area contributed by atoms with E-state index in [2.05, 4.69) is 0 Å². The maximum Gasteiger partial charge on any atom is 0.00728 e. The van der Waals surface area contributed by atoms with Gasteiger partial charge in [-0.05, 0) is 37.5 Å². The maximum atomic E-state index is 5.80. The van der Waals surface area contributed by atoms with E-state index in [0.717, 1.165) is 5.92 Å². The van der Waals surface area contributed by atoms with Gasteiger partial charge in [0.25, 0.3) is 0 Å². The molecule has 8 heavy (non-hydrogen) atoms. The maximum absolute atomic E-state index is 5.80. The van der Waals surface area contributed by atoms with Crippen LogP contribution in [0.2, 0.25) is 0 Å². The fraction of sp³-hybridized carbons (Fsp3) is 0.857. The molecule has 45 valence electrons. The number of fused-ring (bicyclic) bond motifs is 2. The third-order valence-electron chi connectivity index (χ3n) is 2.55. The first kappa shape index (κ1) is 4.80. The van der Waals surface area contributed by atoms with Gasteiger partial charge in [-0.1, -0.05) is 0 Å². The first-order valence-corrected chi connectivity index (χ1v) is 3.45. The molecule has 0 aliphatic heterocycles. The van der Waals surface area contributed by atoms with Crippen molar-refractivity contribution in [3.63, 3.8) is 0 Å². The summed E-state index contributed by atoms with van der Waals surface area (Å²) in [4.78, 5) is 0. The average Bonchev–Trinajstić information content (AvgIpc) is 2.23. The Kier molecular flexibility index (Phi) is 0.884. The molecular formula is C7H12N. The summed E-state index contributed by atoms with van der Waals surface area (Å²) in [5, 5.41) is 0. The molecule has 2 rings (SSSR count). The molecule has 2 bridgehead atoms. The monoisotopic (exact) mass is 110 g/mol. The Balaban J connectivity index is 2.11. The molecule has 0 aromatic rings. The van der Waals surface area contributed by atoms with Crippen molar-refractivity contribution in [2.75, 3.05) is 0 Å². The highest BCUT2D eigenvalue weighted by molar-refractivity contribution is 5.10. The summed E-state index contributed by atoms with van der Waals surface area (Å²) in [5.41, 5.74) is 5.80. The Hall–Kier alpha value is -0.0400. The minimum Gasteiger partial charge on any atom is -0.327 e. The van der Waals surface area contributed by atoms with Crippen LogP contribution in [0.15, 0.2) is 0 Å². The molecule has 1 radical (unpaired) electrons. The first-order valence-electron chi connectivity index (χ1n) is 3.45. The van der Waals surface area contributed by atoms with Crippen LogP contribution >= 0.6 is 0 Å². The summed E-state index contributed by atoms with van der Waals surface area (Å²) in [6.07, 6.45) is 5.38. The zero-order valence-corrected chi connectivity index (χ0v) is 5.06. The van der Waals surface area contributed by atoms with Gasteiger partial charge in [-0.2, -0.15) is 0 Å². The number of rotatable bonds is 0. The molecule has 0 spiro atoms. The van der Waals surface area contributed by atoms with Gasteiger partial charge in [-0.25, -0.2) is 0 Å². The second-order valence-electron chi connectivity index (χ2n) is 3.12. The van der Waals surface area contributed by atoms with E-state index in [0.29, 0.717) is 6.04 Å². The van der Waals surface area contributed by atoms with Crippen molar-refractivity contribution in [1.29, 1.82) is 0 Å². The molecule has 0 aromatic heterocycles. The third kappa shape index (κ3) is 0.510. The molecule has 1 nitrogen and oxygen atoms in total. The molecule has 2 fully saturated rings. The Morgan fingerprint density at radius 3 is 2.50 bits per heavy atom. The van der Waals surface area contributed by atoms with Crippen molar-refractivity contribution in [1.82, 2.24) is 0 Å². The Morgan fingerprint density at radius 1 is 1.38 bits per heavy atom. The molecule has 2 N–H and O–H groups in total. The molecule has 2 atom stereocenters. The number of hydrogen-bond acceptors (Lipinski definition) is 1. The van der Waals surface area contributed by atoms with Crippen molar-refractivity contribution in [2.24, 2.45) is 11.7 Å². The van der Waals surface area contributed by atoms with Crippen molar-refractivity contribution in [2.45, 2.75) is 31.7 Å². The topological polar surface area (TPSA) is 26.0 Å². The van der Waals surface area contributed by atoms with Crippen LogP contribution in [0.1, 0.15) is 25.7 Å². The van der Waals surface area contributed by atoms with Crippen LogP contribution in [0.4, 0.5) is 0 Å². The van der Waals surface area contributed by atoms with Crippen LogP contribution in [0.3, 0.4) is 0 Å². The van der Waals surface area contributed by atoms with Gasteiger partial charge in [0, 0.05) is 6.04 Å². The summed E-state index contributed by atoms with van der Waals surface area (Å²) in [7, 11) is 0. The standard InChI is InChI=1S/C7H12N/c8-7-4-5-1-2-6(7)3-5/h6-7H,1-4,8H2. The van der Waals surface area contributed by atoms with Gasteiger partial charge in [0.15, 0.2) is 0 Å². The van der Waals surface area contributed by atoms with E-state index in [-0.39, 0.29) is 0 Å². The van der Waals surface area contributed by atoms with Gasteiger partial charge in [0.05, 0.1) is 0 Å². The molecule has 0 aromatic carbocycles. The normalized spacial score (nSPS) is 46.1. The van der Waals surface area contributed by atoms with E-state index in [1.807, 2.05) is 0 Å². The van der Waals surface area contributed by atoms with E-state index in [1.165, 1.54) is 25.7 Å². The van der Waals surface area contributed by atoms with Gasteiger partial charge in [0.2, 0.25) is 0 Å². The lowest BCUT2D eigenvalue weighted by molar-refractivity contribution is 0.453. The highest BCUT2D eigenvalue weighted by atomic mass is 14.7. The minimum atomic E-state index is 0.541. The average molecular weight is 110 g/mol. The molecule has 2 saturated carbocycles. The van der Waals surface area contributed by atoms with Crippen LogP contribution in [-0.2, 0) is 0 Å². The van der Waals surface area contributed by atoms with E-state index < -0.39 is 0 Å². The number of hydrogen-bond donors (Lipinski definition) is 1. The summed E-state index contributed by atoms with van der Waals surface area (Å²) >= 11 is 0. The quantitative estimate of drug-likeness (QED) is 0.496. The second kappa shape index (κ2) is 1.47. The highest BCUT2D eigenvalue weighted by Gasteiger charge is 2.37. The van der Waals surface area contributed by atoms with Crippen molar-refractivity contribution in [3.8, 4) is 0 Å². The van der Waals surface area contributed by atoms with Gasteiger partial charge in [0.1, 0.15) is 0 Å². The fourth-order valence-electron chi connectivity index (χ4n) is 2.02. The molecule has 0 heterocycles. The zero-order valence-electron chi connectivity index (χ0n) is 5.06. The fourth-order valence-corrected chi connectivity index (χ4v) is 2.02. The van der Waals surface area contributed by atoms with Crippen molar-refractivity contribution >= 4 is 0 Å². The van der Waals surface area contributed by atoms with Crippen LogP contribution in [0.5, 0.6) is 0 Å². The number of nitrogens with two attached hydrogens (primary N) is 1. The van der Waals surface area contributed by atoms with Gasteiger partial charge >= 0.3 is 0 Å². The lowest BCUT2D eigenvalue weighted by Gasteiger charge is -2.15. The van der Waals surface area contributed by atoms with E-state index in [4.69, 9.17) is 5.73 Å². The van der Waals surface area contributed by atoms with Crippen LogP contribution in [-0.4, -0.2) is 6.04 Å². The Morgan fingerprint density at radius 2 is 2.25 bits per heavy atom.